The first kappa shape index (κ1) is 14.5. The lowest BCUT2D eigenvalue weighted by molar-refractivity contribution is 0.159. The van der Waals surface area contributed by atoms with Crippen LogP contribution in [0.2, 0.25) is 0 Å². The molecule has 1 aromatic heterocycles. The molecule has 1 unspecified atom stereocenters. The van der Waals surface area contributed by atoms with E-state index in [0.717, 1.165) is 12.6 Å². The molecule has 1 saturated heterocycles. The molecule has 0 amide bonds. The molecule has 1 atom stereocenters. The Balaban J connectivity index is 1.72. The van der Waals surface area contributed by atoms with Crippen LogP contribution in [0.15, 0.2) is 15.9 Å². The van der Waals surface area contributed by atoms with Crippen LogP contribution in [0.5, 0.6) is 0 Å². The molecule has 2 heterocycles. The number of halogens is 1. The van der Waals surface area contributed by atoms with Crippen LogP contribution in [-0.4, -0.2) is 43.0 Å². The van der Waals surface area contributed by atoms with Crippen molar-refractivity contribution >= 4 is 27.3 Å². The topological polar surface area (TPSA) is 6.48 Å². The second-order valence-electron chi connectivity index (χ2n) is 5.36. The SMILES string of the molecule is CN(CCC1CCCCN1C)Cc1ccc(Br)s1. The van der Waals surface area contributed by atoms with E-state index < -0.39 is 0 Å². The van der Waals surface area contributed by atoms with E-state index >= 15 is 0 Å². The molecule has 1 aliphatic rings. The molecule has 0 aromatic carbocycles. The summed E-state index contributed by atoms with van der Waals surface area (Å²) in [6, 6.07) is 5.16. The van der Waals surface area contributed by atoms with Gasteiger partial charge in [-0.1, -0.05) is 6.42 Å². The minimum absolute atomic E-state index is 0.802. The van der Waals surface area contributed by atoms with Gasteiger partial charge in [0, 0.05) is 17.5 Å². The van der Waals surface area contributed by atoms with Gasteiger partial charge in [-0.15, -0.1) is 11.3 Å². The number of rotatable bonds is 5. The highest BCUT2D eigenvalue weighted by molar-refractivity contribution is 9.11. The van der Waals surface area contributed by atoms with E-state index in [-0.39, 0.29) is 0 Å². The fourth-order valence-corrected chi connectivity index (χ4v) is 4.22. The van der Waals surface area contributed by atoms with Gasteiger partial charge >= 0.3 is 0 Å². The molecule has 2 nitrogen and oxygen atoms in total. The van der Waals surface area contributed by atoms with Crippen molar-refractivity contribution in [2.45, 2.75) is 38.3 Å². The fraction of sp³-hybridized carbons (Fsp3) is 0.714. The highest BCUT2D eigenvalue weighted by Gasteiger charge is 2.18. The Morgan fingerprint density at radius 2 is 2.28 bits per heavy atom. The third kappa shape index (κ3) is 4.34. The Kier molecular flexibility index (Phi) is 5.67. The summed E-state index contributed by atoms with van der Waals surface area (Å²) in [5.74, 6) is 0. The van der Waals surface area contributed by atoms with E-state index in [9.17, 15) is 0 Å². The third-order valence-corrected chi connectivity index (χ3v) is 5.43. The van der Waals surface area contributed by atoms with Gasteiger partial charge in [0.1, 0.15) is 0 Å². The molecule has 18 heavy (non-hydrogen) atoms. The highest BCUT2D eigenvalue weighted by Crippen LogP contribution is 2.23. The number of nitrogens with zero attached hydrogens (tertiary/aromatic N) is 2. The number of thiophene rings is 1. The lowest BCUT2D eigenvalue weighted by Gasteiger charge is -2.33. The largest absolute Gasteiger partial charge is 0.303 e. The van der Waals surface area contributed by atoms with Crippen LogP contribution in [-0.2, 0) is 6.54 Å². The Morgan fingerprint density at radius 1 is 1.44 bits per heavy atom. The van der Waals surface area contributed by atoms with Crippen LogP contribution in [0.1, 0.15) is 30.6 Å². The van der Waals surface area contributed by atoms with E-state index in [2.05, 4.69) is 52.0 Å². The maximum atomic E-state index is 3.52. The number of likely N-dealkylation sites (tertiary alicyclic amines) is 1. The number of piperidine rings is 1. The van der Waals surface area contributed by atoms with Crippen LogP contribution in [0.25, 0.3) is 0 Å². The zero-order valence-corrected chi connectivity index (χ0v) is 13.8. The molecule has 102 valence electrons. The summed E-state index contributed by atoms with van der Waals surface area (Å²) < 4.78 is 1.23. The third-order valence-electron chi connectivity index (χ3n) is 3.82. The first-order chi connectivity index (χ1) is 8.65. The second-order valence-corrected chi connectivity index (χ2v) is 7.91. The zero-order valence-electron chi connectivity index (χ0n) is 11.4. The van der Waals surface area contributed by atoms with Crippen molar-refractivity contribution in [1.29, 1.82) is 0 Å². The summed E-state index contributed by atoms with van der Waals surface area (Å²) in [6.45, 7) is 3.56. The molecule has 0 N–H and O–H groups in total. The van der Waals surface area contributed by atoms with Gasteiger partial charge in [-0.3, -0.25) is 0 Å². The molecule has 1 fully saturated rings. The summed E-state index contributed by atoms with van der Waals surface area (Å²) in [5.41, 5.74) is 0. The Bertz CT molecular complexity index is 366. The van der Waals surface area contributed by atoms with E-state index in [1.165, 1.54) is 47.4 Å². The van der Waals surface area contributed by atoms with Crippen LogP contribution >= 0.6 is 27.3 Å². The normalized spacial score (nSPS) is 21.7. The Hall–Kier alpha value is 0.1000. The lowest BCUT2D eigenvalue weighted by atomic mass is 10.00. The van der Waals surface area contributed by atoms with Crippen LogP contribution in [0, 0.1) is 0 Å². The van der Waals surface area contributed by atoms with Gasteiger partial charge in [0.05, 0.1) is 3.79 Å². The molecule has 0 bridgehead atoms. The van der Waals surface area contributed by atoms with Gasteiger partial charge in [-0.2, -0.15) is 0 Å². The summed E-state index contributed by atoms with van der Waals surface area (Å²) in [7, 11) is 4.51. The van der Waals surface area contributed by atoms with Crippen molar-refractivity contribution in [3.05, 3.63) is 20.8 Å². The first-order valence-electron chi connectivity index (χ1n) is 6.78. The number of hydrogen-bond acceptors (Lipinski definition) is 3. The van der Waals surface area contributed by atoms with Crippen LogP contribution < -0.4 is 0 Å². The molecule has 1 aliphatic heterocycles. The maximum Gasteiger partial charge on any atom is 0.0701 e. The molecular formula is C14H23BrN2S. The fourth-order valence-electron chi connectivity index (χ4n) is 2.66. The van der Waals surface area contributed by atoms with Gasteiger partial charge in [0.15, 0.2) is 0 Å². The monoisotopic (exact) mass is 330 g/mol. The predicted octanol–water partition coefficient (Wildman–Crippen LogP) is 3.82. The molecule has 4 heteroatoms. The predicted molar refractivity (Wildman–Crippen MR) is 83.2 cm³/mol. The second kappa shape index (κ2) is 7.04. The van der Waals surface area contributed by atoms with Crippen molar-refractivity contribution in [3.63, 3.8) is 0 Å². The van der Waals surface area contributed by atoms with Gasteiger partial charge in [-0.25, -0.2) is 0 Å². The standard InChI is InChI=1S/C14H23BrN2S/c1-16(11-13-6-7-14(15)18-13)10-8-12-5-3-4-9-17(12)2/h6-7,12H,3-5,8-11H2,1-2H3. The Labute approximate surface area is 123 Å². The maximum absolute atomic E-state index is 3.52. The van der Waals surface area contributed by atoms with Gasteiger partial charge in [-0.05, 0) is 74.5 Å². The van der Waals surface area contributed by atoms with E-state index in [0.29, 0.717) is 0 Å². The highest BCUT2D eigenvalue weighted by atomic mass is 79.9. The van der Waals surface area contributed by atoms with Gasteiger partial charge < -0.3 is 9.80 Å². The first-order valence-corrected chi connectivity index (χ1v) is 8.39. The van der Waals surface area contributed by atoms with Crippen LogP contribution in [0.4, 0.5) is 0 Å². The molecular weight excluding hydrogens is 308 g/mol. The molecule has 0 spiro atoms. The average Bonchev–Trinajstić information content (AvgIpc) is 2.74. The number of hydrogen-bond donors (Lipinski definition) is 0. The quantitative estimate of drug-likeness (QED) is 0.809. The molecule has 2 rings (SSSR count). The van der Waals surface area contributed by atoms with Crippen LogP contribution in [0.3, 0.4) is 0 Å². The smallest absolute Gasteiger partial charge is 0.0701 e. The summed E-state index contributed by atoms with van der Waals surface area (Å²) >= 11 is 5.37. The average molecular weight is 331 g/mol. The van der Waals surface area contributed by atoms with E-state index in [1.54, 1.807) is 0 Å². The molecule has 0 saturated carbocycles. The lowest BCUT2D eigenvalue weighted by Crippen LogP contribution is -2.38. The van der Waals surface area contributed by atoms with Crippen molar-refractivity contribution in [3.8, 4) is 0 Å². The van der Waals surface area contributed by atoms with Crippen molar-refractivity contribution in [2.24, 2.45) is 0 Å². The van der Waals surface area contributed by atoms with Crippen molar-refractivity contribution in [2.75, 3.05) is 27.2 Å². The minimum atomic E-state index is 0.802. The van der Waals surface area contributed by atoms with E-state index in [1.807, 2.05) is 11.3 Å². The van der Waals surface area contributed by atoms with Crippen molar-refractivity contribution in [1.82, 2.24) is 9.80 Å². The summed E-state index contributed by atoms with van der Waals surface area (Å²) in [6.07, 6.45) is 5.48. The van der Waals surface area contributed by atoms with Gasteiger partial charge in [0.2, 0.25) is 0 Å². The summed E-state index contributed by atoms with van der Waals surface area (Å²) in [5, 5.41) is 0. The minimum Gasteiger partial charge on any atom is -0.303 e. The van der Waals surface area contributed by atoms with Gasteiger partial charge in [0.25, 0.3) is 0 Å². The van der Waals surface area contributed by atoms with E-state index in [4.69, 9.17) is 0 Å². The van der Waals surface area contributed by atoms with Crippen molar-refractivity contribution < 1.29 is 0 Å². The zero-order chi connectivity index (χ0) is 13.0. The molecule has 1 aromatic rings. The Morgan fingerprint density at radius 3 is 2.94 bits per heavy atom. The summed E-state index contributed by atoms with van der Waals surface area (Å²) in [4.78, 5) is 6.43. The molecule has 0 radical (unpaired) electrons. The molecule has 0 aliphatic carbocycles.